The Morgan fingerprint density at radius 1 is 1.52 bits per heavy atom. The Labute approximate surface area is 135 Å². The van der Waals surface area contributed by atoms with Crippen molar-refractivity contribution in [1.82, 2.24) is 15.6 Å². The molecule has 118 valence electrons. The van der Waals surface area contributed by atoms with Gasteiger partial charge in [-0.25, -0.2) is 9.78 Å². The van der Waals surface area contributed by atoms with Gasteiger partial charge in [0.25, 0.3) is 0 Å². The van der Waals surface area contributed by atoms with E-state index in [0.29, 0.717) is 11.3 Å². The third-order valence-corrected chi connectivity index (χ3v) is 6.17. The number of thiazole rings is 1. The van der Waals surface area contributed by atoms with Gasteiger partial charge in [-0.3, -0.25) is 0 Å². The van der Waals surface area contributed by atoms with Crippen molar-refractivity contribution in [3.8, 4) is 0 Å². The van der Waals surface area contributed by atoms with Gasteiger partial charge in [0.1, 0.15) is 5.01 Å². The highest BCUT2D eigenvalue weighted by molar-refractivity contribution is 7.99. The Bertz CT molecular complexity index is 487. The third-order valence-electron chi connectivity index (χ3n) is 3.70. The second-order valence-electron chi connectivity index (χ2n) is 6.09. The zero-order valence-corrected chi connectivity index (χ0v) is 14.9. The van der Waals surface area contributed by atoms with Crippen molar-refractivity contribution in [3.05, 3.63) is 16.1 Å². The van der Waals surface area contributed by atoms with E-state index in [2.05, 4.69) is 22.5 Å². The van der Waals surface area contributed by atoms with E-state index in [4.69, 9.17) is 0 Å². The fourth-order valence-electron chi connectivity index (χ4n) is 2.66. The topological polar surface area (TPSA) is 54.0 Å². The molecule has 0 saturated heterocycles. The first kappa shape index (κ1) is 16.6. The molecule has 2 atom stereocenters. The van der Waals surface area contributed by atoms with Gasteiger partial charge in [-0.1, -0.05) is 6.92 Å². The lowest BCUT2D eigenvalue weighted by molar-refractivity contribution is 0.226. The maximum Gasteiger partial charge on any atom is 0.315 e. The van der Waals surface area contributed by atoms with Gasteiger partial charge in [-0.2, -0.15) is 11.8 Å². The number of hydrogen-bond acceptors (Lipinski definition) is 4. The van der Waals surface area contributed by atoms with Gasteiger partial charge in [0, 0.05) is 22.4 Å². The second-order valence-corrected chi connectivity index (χ2v) is 8.90. The van der Waals surface area contributed by atoms with Crippen LogP contribution in [-0.2, 0) is 5.54 Å². The number of nitrogens with zero attached hydrogens (tertiary/aromatic N) is 1. The summed E-state index contributed by atoms with van der Waals surface area (Å²) in [6.07, 6.45) is 5.23. The molecule has 4 nitrogen and oxygen atoms in total. The number of carbonyl (C=O) groups is 1. The molecule has 1 aromatic heterocycles. The molecule has 2 rings (SSSR count). The lowest BCUT2D eigenvalue weighted by atomic mass is 10.1. The first-order valence-electron chi connectivity index (χ1n) is 7.54. The summed E-state index contributed by atoms with van der Waals surface area (Å²) >= 11 is 3.63. The molecular weight excluding hydrogens is 302 g/mol. The number of nitrogens with one attached hydrogen (secondary N) is 2. The molecule has 1 saturated carbocycles. The minimum atomic E-state index is -0.431. The average Bonchev–Trinajstić information content (AvgIpc) is 2.99. The Hall–Kier alpha value is -0.750. The molecular formula is C15H25N3OS2. The molecule has 0 aliphatic heterocycles. The number of aromatic nitrogens is 1. The van der Waals surface area contributed by atoms with Crippen molar-refractivity contribution in [1.29, 1.82) is 0 Å². The summed E-state index contributed by atoms with van der Waals surface area (Å²) in [5.41, 5.74) is -0.431. The maximum atomic E-state index is 12.2. The number of aryl methyl sites for hydroxylation is 1. The van der Waals surface area contributed by atoms with Crippen LogP contribution in [0.4, 0.5) is 4.79 Å². The van der Waals surface area contributed by atoms with Crippen LogP contribution in [-0.4, -0.2) is 28.1 Å². The highest BCUT2D eigenvalue weighted by atomic mass is 32.2. The van der Waals surface area contributed by atoms with Gasteiger partial charge in [-0.05, 0) is 45.8 Å². The number of thioether (sulfide) groups is 1. The fourth-order valence-corrected chi connectivity index (χ4v) is 4.63. The van der Waals surface area contributed by atoms with Crippen molar-refractivity contribution in [2.75, 3.05) is 5.75 Å². The van der Waals surface area contributed by atoms with Gasteiger partial charge in [0.15, 0.2) is 0 Å². The first-order valence-corrected chi connectivity index (χ1v) is 9.40. The number of hydrogen-bond donors (Lipinski definition) is 2. The summed E-state index contributed by atoms with van der Waals surface area (Å²) in [6, 6.07) is 0.225. The standard InChI is InChI=1S/C15H25N3OS2/c1-5-20-12-7-6-11(8-12)17-14(19)18-15(3,4)13-16-9-10(2)21-13/h9,11-12H,5-8H2,1-4H3,(H2,17,18,19). The third kappa shape index (κ3) is 4.61. The SMILES string of the molecule is CCSC1CCC(NC(=O)NC(C)(C)c2ncc(C)s2)C1. The van der Waals surface area contributed by atoms with Gasteiger partial charge < -0.3 is 10.6 Å². The van der Waals surface area contributed by atoms with E-state index in [9.17, 15) is 4.79 Å². The van der Waals surface area contributed by atoms with Crippen LogP contribution >= 0.6 is 23.1 Å². The molecule has 6 heteroatoms. The summed E-state index contributed by atoms with van der Waals surface area (Å²) < 4.78 is 0. The lowest BCUT2D eigenvalue weighted by Crippen LogP contribution is -2.49. The van der Waals surface area contributed by atoms with E-state index in [-0.39, 0.29) is 6.03 Å². The normalized spacial score (nSPS) is 22.3. The predicted octanol–water partition coefficient (Wildman–Crippen LogP) is 3.66. The zero-order chi connectivity index (χ0) is 15.5. The second kappa shape index (κ2) is 7.01. The van der Waals surface area contributed by atoms with Crippen molar-refractivity contribution in [2.45, 2.75) is 63.8 Å². The zero-order valence-electron chi connectivity index (χ0n) is 13.2. The van der Waals surface area contributed by atoms with Crippen LogP contribution in [0.3, 0.4) is 0 Å². The summed E-state index contributed by atoms with van der Waals surface area (Å²) in [6.45, 7) is 8.21. The Morgan fingerprint density at radius 3 is 2.90 bits per heavy atom. The number of urea groups is 1. The molecule has 1 fully saturated rings. The highest BCUT2D eigenvalue weighted by Crippen LogP contribution is 2.30. The number of carbonyl (C=O) groups excluding carboxylic acids is 1. The van der Waals surface area contributed by atoms with Gasteiger partial charge in [0.05, 0.1) is 5.54 Å². The van der Waals surface area contributed by atoms with Crippen LogP contribution in [0.25, 0.3) is 0 Å². The van der Waals surface area contributed by atoms with Gasteiger partial charge in [0.2, 0.25) is 0 Å². The molecule has 0 aromatic carbocycles. The van der Waals surface area contributed by atoms with Crippen LogP contribution < -0.4 is 10.6 Å². The first-order chi connectivity index (χ1) is 9.90. The van der Waals surface area contributed by atoms with E-state index < -0.39 is 5.54 Å². The molecule has 2 amide bonds. The summed E-state index contributed by atoms with van der Waals surface area (Å²) in [5, 5.41) is 7.81. The van der Waals surface area contributed by atoms with Crippen LogP contribution in [0.2, 0.25) is 0 Å². The predicted molar refractivity (Wildman–Crippen MR) is 91.1 cm³/mol. The van der Waals surface area contributed by atoms with E-state index in [1.54, 1.807) is 11.3 Å². The minimum Gasteiger partial charge on any atom is -0.335 e. The molecule has 2 N–H and O–H groups in total. The van der Waals surface area contributed by atoms with Crippen LogP contribution in [0, 0.1) is 6.92 Å². The molecule has 1 aliphatic carbocycles. The number of rotatable bonds is 5. The van der Waals surface area contributed by atoms with E-state index in [1.807, 2.05) is 38.7 Å². The van der Waals surface area contributed by atoms with Crippen LogP contribution in [0.5, 0.6) is 0 Å². The largest absolute Gasteiger partial charge is 0.335 e. The van der Waals surface area contributed by atoms with Crippen molar-refractivity contribution >= 4 is 29.1 Å². The molecule has 1 aromatic rings. The molecule has 0 spiro atoms. The van der Waals surface area contributed by atoms with E-state index in [1.165, 1.54) is 6.42 Å². The Balaban J connectivity index is 1.84. The molecule has 2 unspecified atom stereocenters. The van der Waals surface area contributed by atoms with Crippen molar-refractivity contribution in [2.24, 2.45) is 0 Å². The molecule has 0 radical (unpaired) electrons. The van der Waals surface area contributed by atoms with E-state index in [0.717, 1.165) is 28.5 Å². The Morgan fingerprint density at radius 2 is 2.29 bits per heavy atom. The molecule has 21 heavy (non-hydrogen) atoms. The Kier molecular flexibility index (Phi) is 5.54. The number of amides is 2. The molecule has 1 heterocycles. The summed E-state index contributed by atoms with van der Waals surface area (Å²) in [7, 11) is 0. The maximum absolute atomic E-state index is 12.2. The van der Waals surface area contributed by atoms with Crippen LogP contribution in [0.1, 0.15) is 49.9 Å². The molecule has 0 bridgehead atoms. The minimum absolute atomic E-state index is 0.0833. The summed E-state index contributed by atoms with van der Waals surface area (Å²) in [5.74, 6) is 1.15. The van der Waals surface area contributed by atoms with Crippen molar-refractivity contribution in [3.63, 3.8) is 0 Å². The average molecular weight is 328 g/mol. The smallest absolute Gasteiger partial charge is 0.315 e. The van der Waals surface area contributed by atoms with Crippen molar-refractivity contribution < 1.29 is 4.79 Å². The van der Waals surface area contributed by atoms with Crippen LogP contribution in [0.15, 0.2) is 6.20 Å². The van der Waals surface area contributed by atoms with Gasteiger partial charge >= 0.3 is 6.03 Å². The molecule has 1 aliphatic rings. The van der Waals surface area contributed by atoms with E-state index >= 15 is 0 Å². The highest BCUT2D eigenvalue weighted by Gasteiger charge is 2.29. The fraction of sp³-hybridized carbons (Fsp3) is 0.733. The van der Waals surface area contributed by atoms with Gasteiger partial charge in [-0.15, -0.1) is 11.3 Å². The lowest BCUT2D eigenvalue weighted by Gasteiger charge is -2.25. The monoisotopic (exact) mass is 327 g/mol. The summed E-state index contributed by atoms with van der Waals surface area (Å²) in [4.78, 5) is 17.8. The quantitative estimate of drug-likeness (QED) is 0.868.